The van der Waals surface area contributed by atoms with E-state index in [1.165, 1.54) is 6.07 Å². The van der Waals surface area contributed by atoms with Crippen LogP contribution in [0.4, 0.5) is 0 Å². The van der Waals surface area contributed by atoms with E-state index in [2.05, 4.69) is 15.1 Å². The third kappa shape index (κ3) is 4.28. The number of nitrogens with one attached hydrogen (secondary N) is 2. The van der Waals surface area contributed by atoms with Gasteiger partial charge in [-0.3, -0.25) is 4.68 Å². The smallest absolute Gasteiger partial charge is 0.240 e. The largest absolute Gasteiger partial charge is 0.316 e. The lowest BCUT2D eigenvalue weighted by Gasteiger charge is -2.09. The first-order chi connectivity index (χ1) is 10.0. The Hall–Kier alpha value is -1.41. The van der Waals surface area contributed by atoms with Gasteiger partial charge in [-0.05, 0) is 30.8 Å². The molecule has 0 spiro atoms. The summed E-state index contributed by atoms with van der Waals surface area (Å²) in [5.74, 6) is 0. The fraction of sp³-hybridized carbons (Fsp3) is 0.308. The third-order valence-electron chi connectivity index (χ3n) is 2.89. The minimum absolute atomic E-state index is 0.160. The maximum Gasteiger partial charge on any atom is 0.240 e. The predicted octanol–water partition coefficient (Wildman–Crippen LogP) is 1.23. The molecule has 2 rings (SSSR count). The van der Waals surface area contributed by atoms with Crippen molar-refractivity contribution in [2.24, 2.45) is 0 Å². The van der Waals surface area contributed by atoms with Gasteiger partial charge < -0.3 is 5.32 Å². The fourth-order valence-corrected chi connectivity index (χ4v) is 3.20. The molecule has 0 atom stereocenters. The molecular formula is C13H17ClN4O2S. The summed E-state index contributed by atoms with van der Waals surface area (Å²) < 4.78 is 28.5. The molecule has 1 aromatic heterocycles. The van der Waals surface area contributed by atoms with Crippen LogP contribution in [-0.2, 0) is 23.1 Å². The molecule has 0 unspecified atom stereocenters. The molecule has 0 aliphatic carbocycles. The Labute approximate surface area is 129 Å². The number of hydrogen-bond acceptors (Lipinski definition) is 4. The zero-order valence-corrected chi connectivity index (χ0v) is 13.2. The highest BCUT2D eigenvalue weighted by Gasteiger charge is 2.15. The van der Waals surface area contributed by atoms with Gasteiger partial charge in [0.05, 0.1) is 11.4 Å². The Morgan fingerprint density at radius 3 is 2.81 bits per heavy atom. The van der Waals surface area contributed by atoms with Gasteiger partial charge in [0.2, 0.25) is 10.0 Å². The summed E-state index contributed by atoms with van der Waals surface area (Å²) >= 11 is 6.08. The molecule has 1 aromatic carbocycles. The zero-order chi connectivity index (χ0) is 15.3. The molecule has 1 heterocycles. The minimum Gasteiger partial charge on any atom is -0.316 e. The van der Waals surface area contributed by atoms with Crippen LogP contribution in [0.1, 0.15) is 5.56 Å². The summed E-state index contributed by atoms with van der Waals surface area (Å²) in [5, 5.41) is 7.41. The van der Waals surface area contributed by atoms with Gasteiger partial charge in [-0.2, -0.15) is 5.10 Å². The SMILES string of the molecule is CNCc1ccc(S(=O)(=O)NCCn2cccn2)cc1Cl. The molecule has 0 saturated heterocycles. The molecule has 2 N–H and O–H groups in total. The Morgan fingerprint density at radius 2 is 2.19 bits per heavy atom. The Balaban J connectivity index is 2.03. The highest BCUT2D eigenvalue weighted by molar-refractivity contribution is 7.89. The summed E-state index contributed by atoms with van der Waals surface area (Å²) in [6, 6.07) is 6.51. The molecule has 114 valence electrons. The van der Waals surface area contributed by atoms with E-state index in [1.807, 2.05) is 0 Å². The minimum atomic E-state index is -3.56. The lowest BCUT2D eigenvalue weighted by atomic mass is 10.2. The van der Waals surface area contributed by atoms with Crippen LogP contribution in [0.15, 0.2) is 41.6 Å². The summed E-state index contributed by atoms with van der Waals surface area (Å²) in [5.41, 5.74) is 0.856. The van der Waals surface area contributed by atoms with Crippen molar-refractivity contribution in [2.75, 3.05) is 13.6 Å². The fourth-order valence-electron chi connectivity index (χ4n) is 1.84. The maximum atomic E-state index is 12.2. The number of hydrogen-bond donors (Lipinski definition) is 2. The quantitative estimate of drug-likeness (QED) is 0.801. The molecule has 0 aliphatic heterocycles. The van der Waals surface area contributed by atoms with E-state index in [0.29, 0.717) is 18.1 Å². The van der Waals surface area contributed by atoms with E-state index < -0.39 is 10.0 Å². The normalized spacial score (nSPS) is 11.7. The lowest BCUT2D eigenvalue weighted by molar-refractivity contribution is 0.561. The second-order valence-electron chi connectivity index (χ2n) is 4.45. The van der Waals surface area contributed by atoms with Crippen LogP contribution in [0.5, 0.6) is 0 Å². The summed E-state index contributed by atoms with van der Waals surface area (Å²) in [6.07, 6.45) is 3.42. The van der Waals surface area contributed by atoms with Crippen LogP contribution in [0.3, 0.4) is 0 Å². The number of rotatable bonds is 7. The van der Waals surface area contributed by atoms with Crippen LogP contribution >= 0.6 is 11.6 Å². The van der Waals surface area contributed by atoms with Crippen molar-refractivity contribution >= 4 is 21.6 Å². The number of halogens is 1. The van der Waals surface area contributed by atoms with Gasteiger partial charge in [-0.25, -0.2) is 13.1 Å². The number of sulfonamides is 1. The van der Waals surface area contributed by atoms with Crippen LogP contribution in [0.2, 0.25) is 5.02 Å². The van der Waals surface area contributed by atoms with E-state index in [-0.39, 0.29) is 11.4 Å². The first kappa shape index (κ1) is 16.0. The molecule has 6 nitrogen and oxygen atoms in total. The van der Waals surface area contributed by atoms with Crippen LogP contribution in [0, 0.1) is 0 Å². The molecule has 0 fully saturated rings. The molecule has 0 amide bonds. The molecular weight excluding hydrogens is 312 g/mol. The first-order valence-corrected chi connectivity index (χ1v) is 8.29. The second kappa shape index (κ2) is 7.04. The number of aromatic nitrogens is 2. The van der Waals surface area contributed by atoms with E-state index in [9.17, 15) is 8.42 Å². The molecule has 21 heavy (non-hydrogen) atoms. The van der Waals surface area contributed by atoms with Crippen LogP contribution in [0.25, 0.3) is 0 Å². The lowest BCUT2D eigenvalue weighted by Crippen LogP contribution is -2.27. The second-order valence-corrected chi connectivity index (χ2v) is 6.62. The van der Waals surface area contributed by atoms with Gasteiger partial charge in [0.25, 0.3) is 0 Å². The molecule has 0 saturated carbocycles. The van der Waals surface area contributed by atoms with Gasteiger partial charge in [0, 0.05) is 30.5 Å². The Morgan fingerprint density at radius 1 is 1.38 bits per heavy atom. The van der Waals surface area contributed by atoms with Crippen LogP contribution in [-0.4, -0.2) is 31.8 Å². The van der Waals surface area contributed by atoms with Gasteiger partial charge in [0.15, 0.2) is 0 Å². The van der Waals surface area contributed by atoms with Gasteiger partial charge in [-0.15, -0.1) is 0 Å². The topological polar surface area (TPSA) is 76.0 Å². The van der Waals surface area contributed by atoms with Crippen molar-refractivity contribution in [3.63, 3.8) is 0 Å². The van der Waals surface area contributed by atoms with Crippen molar-refractivity contribution in [1.82, 2.24) is 19.8 Å². The molecule has 0 bridgehead atoms. The third-order valence-corrected chi connectivity index (χ3v) is 4.70. The van der Waals surface area contributed by atoms with E-state index >= 15 is 0 Å². The number of benzene rings is 1. The number of nitrogens with zero attached hydrogens (tertiary/aromatic N) is 2. The molecule has 2 aromatic rings. The summed E-state index contributed by atoms with van der Waals surface area (Å²) in [6.45, 7) is 1.32. The van der Waals surface area contributed by atoms with Gasteiger partial charge >= 0.3 is 0 Å². The first-order valence-electron chi connectivity index (χ1n) is 6.43. The van der Waals surface area contributed by atoms with Crippen molar-refractivity contribution in [2.45, 2.75) is 18.0 Å². The van der Waals surface area contributed by atoms with Crippen molar-refractivity contribution in [3.05, 3.63) is 47.2 Å². The molecule has 0 aliphatic rings. The highest BCUT2D eigenvalue weighted by Crippen LogP contribution is 2.20. The monoisotopic (exact) mass is 328 g/mol. The summed E-state index contributed by atoms with van der Waals surface area (Å²) in [4.78, 5) is 0.160. The van der Waals surface area contributed by atoms with Crippen molar-refractivity contribution in [1.29, 1.82) is 0 Å². The molecule has 8 heteroatoms. The van der Waals surface area contributed by atoms with Crippen molar-refractivity contribution in [3.8, 4) is 0 Å². The average Bonchev–Trinajstić information content (AvgIpc) is 2.94. The van der Waals surface area contributed by atoms with Gasteiger partial charge in [-0.1, -0.05) is 17.7 Å². The summed E-state index contributed by atoms with van der Waals surface area (Å²) in [7, 11) is -1.76. The van der Waals surface area contributed by atoms with E-state index in [0.717, 1.165) is 5.56 Å². The van der Waals surface area contributed by atoms with E-state index in [4.69, 9.17) is 11.6 Å². The average molecular weight is 329 g/mol. The van der Waals surface area contributed by atoms with Crippen molar-refractivity contribution < 1.29 is 8.42 Å². The highest BCUT2D eigenvalue weighted by atomic mass is 35.5. The Bertz CT molecular complexity index is 686. The van der Waals surface area contributed by atoms with Crippen LogP contribution < -0.4 is 10.0 Å². The Kier molecular flexibility index (Phi) is 5.35. The maximum absolute atomic E-state index is 12.2. The van der Waals surface area contributed by atoms with E-state index in [1.54, 1.807) is 42.3 Å². The standard InChI is InChI=1S/C13H17ClN4O2S/c1-15-10-11-3-4-12(9-13(11)14)21(19,20)17-6-8-18-7-2-5-16-18/h2-5,7,9,15,17H,6,8,10H2,1H3. The molecule has 0 radical (unpaired) electrons. The predicted molar refractivity (Wildman–Crippen MR) is 81.6 cm³/mol. The zero-order valence-electron chi connectivity index (χ0n) is 11.6. The van der Waals surface area contributed by atoms with Gasteiger partial charge in [0.1, 0.15) is 0 Å².